The molecule has 1 aliphatic heterocycles. The van der Waals surface area contributed by atoms with Crippen LogP contribution >= 0.6 is 0 Å². The Labute approximate surface area is 104 Å². The highest BCUT2D eigenvalue weighted by Gasteiger charge is 2.22. The second-order valence-electron chi connectivity index (χ2n) is 4.45. The summed E-state index contributed by atoms with van der Waals surface area (Å²) < 4.78 is 13.8. The first-order chi connectivity index (χ1) is 8.61. The lowest BCUT2D eigenvalue weighted by molar-refractivity contribution is 0.0696. The third-order valence-corrected chi connectivity index (χ3v) is 3.24. The number of piperidine rings is 1. The number of anilines is 1. The molecule has 0 unspecified atom stereocenters. The topological polar surface area (TPSA) is 73.7 Å². The minimum atomic E-state index is -1.19. The maximum absolute atomic E-state index is 13.8. The fraction of sp³-hybridized carbons (Fsp3) is 0.500. The first-order valence-electron chi connectivity index (χ1n) is 5.86. The monoisotopic (exact) mass is 254 g/mol. The molecule has 18 heavy (non-hydrogen) atoms. The third kappa shape index (κ3) is 2.59. The lowest BCUT2D eigenvalue weighted by atomic mass is 9.98. The Hall–Kier alpha value is -1.69. The molecule has 0 atom stereocenters. The van der Waals surface area contributed by atoms with Gasteiger partial charge in [0.2, 0.25) is 0 Å². The van der Waals surface area contributed by atoms with E-state index in [2.05, 4.69) is 4.98 Å². The summed E-state index contributed by atoms with van der Waals surface area (Å²) in [6.07, 6.45) is 2.75. The zero-order valence-corrected chi connectivity index (χ0v) is 9.84. The molecule has 2 rings (SSSR count). The van der Waals surface area contributed by atoms with Crippen LogP contribution in [0.4, 0.5) is 10.2 Å². The molecule has 0 bridgehead atoms. The summed E-state index contributed by atoms with van der Waals surface area (Å²) in [4.78, 5) is 16.3. The number of carboxylic acids is 1. The fourth-order valence-corrected chi connectivity index (χ4v) is 2.11. The average Bonchev–Trinajstić information content (AvgIpc) is 2.38. The van der Waals surface area contributed by atoms with Crippen molar-refractivity contribution < 1.29 is 19.4 Å². The number of pyridine rings is 1. The predicted molar refractivity (Wildman–Crippen MR) is 63.2 cm³/mol. The molecular weight excluding hydrogens is 239 g/mol. The molecule has 0 amide bonds. The molecule has 1 aliphatic rings. The van der Waals surface area contributed by atoms with Gasteiger partial charge < -0.3 is 15.1 Å². The Morgan fingerprint density at radius 3 is 2.67 bits per heavy atom. The summed E-state index contributed by atoms with van der Waals surface area (Å²) in [5, 5.41) is 17.8. The number of aromatic carboxylic acids is 1. The number of carboxylic acid groups (broad SMARTS) is 1. The van der Waals surface area contributed by atoms with Crippen LogP contribution in [0, 0.1) is 11.7 Å². The van der Waals surface area contributed by atoms with Gasteiger partial charge in [-0.25, -0.2) is 14.2 Å². The van der Waals surface area contributed by atoms with Crippen LogP contribution in [-0.2, 0) is 0 Å². The highest BCUT2D eigenvalue weighted by molar-refractivity contribution is 5.87. The van der Waals surface area contributed by atoms with Crippen molar-refractivity contribution in [2.75, 3.05) is 24.6 Å². The van der Waals surface area contributed by atoms with Gasteiger partial charge in [0.1, 0.15) is 0 Å². The van der Waals surface area contributed by atoms with Crippen LogP contribution in [-0.4, -0.2) is 40.9 Å². The van der Waals surface area contributed by atoms with E-state index >= 15 is 0 Å². The predicted octanol–water partition coefficient (Wildman–Crippen LogP) is 1.13. The van der Waals surface area contributed by atoms with Crippen LogP contribution in [0.1, 0.15) is 23.2 Å². The van der Waals surface area contributed by atoms with E-state index < -0.39 is 11.8 Å². The summed E-state index contributed by atoms with van der Waals surface area (Å²) in [6, 6.07) is 0.989. The van der Waals surface area contributed by atoms with E-state index in [1.165, 1.54) is 6.20 Å². The number of hydrogen-bond donors (Lipinski definition) is 2. The van der Waals surface area contributed by atoms with Crippen LogP contribution in [0.2, 0.25) is 0 Å². The maximum atomic E-state index is 13.8. The average molecular weight is 254 g/mol. The SMILES string of the molecule is O=C(O)c1cnc(N2CCC(CO)CC2)c(F)c1. The highest BCUT2D eigenvalue weighted by atomic mass is 19.1. The molecule has 2 heterocycles. The number of carbonyl (C=O) groups is 1. The van der Waals surface area contributed by atoms with E-state index in [4.69, 9.17) is 10.2 Å². The standard InChI is InChI=1S/C12H15FN2O3/c13-10-5-9(12(17)18)6-14-11(10)15-3-1-8(7-16)2-4-15/h5-6,8,16H,1-4,7H2,(H,17,18). The van der Waals surface area contributed by atoms with Gasteiger partial charge >= 0.3 is 5.97 Å². The zero-order chi connectivity index (χ0) is 13.1. The molecule has 0 spiro atoms. The van der Waals surface area contributed by atoms with Gasteiger partial charge in [0.05, 0.1) is 5.56 Å². The minimum Gasteiger partial charge on any atom is -0.478 e. The smallest absolute Gasteiger partial charge is 0.337 e. The largest absolute Gasteiger partial charge is 0.478 e. The van der Waals surface area contributed by atoms with E-state index in [9.17, 15) is 9.18 Å². The van der Waals surface area contributed by atoms with Crippen molar-refractivity contribution in [3.63, 3.8) is 0 Å². The van der Waals surface area contributed by atoms with Crippen molar-refractivity contribution in [3.05, 3.63) is 23.6 Å². The van der Waals surface area contributed by atoms with Crippen LogP contribution < -0.4 is 4.90 Å². The number of aliphatic hydroxyl groups excluding tert-OH is 1. The quantitative estimate of drug-likeness (QED) is 0.845. The van der Waals surface area contributed by atoms with E-state index in [1.807, 2.05) is 0 Å². The lowest BCUT2D eigenvalue weighted by Gasteiger charge is -2.32. The van der Waals surface area contributed by atoms with Crippen molar-refractivity contribution in [3.8, 4) is 0 Å². The minimum absolute atomic E-state index is 0.151. The van der Waals surface area contributed by atoms with E-state index in [1.54, 1.807) is 4.90 Å². The zero-order valence-electron chi connectivity index (χ0n) is 9.84. The van der Waals surface area contributed by atoms with Crippen LogP contribution in [0.5, 0.6) is 0 Å². The Morgan fingerprint density at radius 2 is 2.17 bits per heavy atom. The van der Waals surface area contributed by atoms with Crippen molar-refractivity contribution >= 4 is 11.8 Å². The number of halogens is 1. The Balaban J connectivity index is 2.12. The maximum Gasteiger partial charge on any atom is 0.337 e. The molecule has 1 fully saturated rings. The van der Waals surface area contributed by atoms with Gasteiger partial charge in [-0.15, -0.1) is 0 Å². The normalized spacial score (nSPS) is 16.9. The Bertz CT molecular complexity index is 445. The van der Waals surface area contributed by atoms with E-state index in [0.717, 1.165) is 18.9 Å². The third-order valence-electron chi connectivity index (χ3n) is 3.24. The number of aliphatic hydroxyl groups is 1. The molecular formula is C12H15FN2O3. The Morgan fingerprint density at radius 1 is 1.50 bits per heavy atom. The molecule has 0 radical (unpaired) electrons. The van der Waals surface area contributed by atoms with Gasteiger partial charge in [-0.05, 0) is 24.8 Å². The van der Waals surface area contributed by atoms with E-state index in [-0.39, 0.29) is 23.9 Å². The van der Waals surface area contributed by atoms with Gasteiger partial charge in [-0.3, -0.25) is 0 Å². The van der Waals surface area contributed by atoms with Crippen molar-refractivity contribution in [1.29, 1.82) is 0 Å². The lowest BCUT2D eigenvalue weighted by Crippen LogP contribution is -2.35. The number of aromatic nitrogens is 1. The molecule has 2 N–H and O–H groups in total. The number of hydrogen-bond acceptors (Lipinski definition) is 4. The van der Waals surface area contributed by atoms with Gasteiger partial charge in [0.25, 0.3) is 0 Å². The van der Waals surface area contributed by atoms with Gasteiger partial charge in [-0.1, -0.05) is 0 Å². The van der Waals surface area contributed by atoms with Crippen LogP contribution in [0.25, 0.3) is 0 Å². The number of nitrogens with zero attached hydrogens (tertiary/aromatic N) is 2. The second-order valence-corrected chi connectivity index (χ2v) is 4.45. The fourth-order valence-electron chi connectivity index (χ4n) is 2.11. The molecule has 1 saturated heterocycles. The van der Waals surface area contributed by atoms with Gasteiger partial charge in [-0.2, -0.15) is 0 Å². The molecule has 1 aromatic rings. The first kappa shape index (κ1) is 12.8. The second kappa shape index (κ2) is 5.30. The van der Waals surface area contributed by atoms with Crippen LogP contribution in [0.3, 0.4) is 0 Å². The molecule has 5 nitrogen and oxygen atoms in total. The van der Waals surface area contributed by atoms with Gasteiger partial charge in [0.15, 0.2) is 11.6 Å². The summed E-state index contributed by atoms with van der Waals surface area (Å²) in [7, 11) is 0. The van der Waals surface area contributed by atoms with Crippen molar-refractivity contribution in [2.24, 2.45) is 5.92 Å². The summed E-state index contributed by atoms with van der Waals surface area (Å²) in [5.41, 5.74) is -0.151. The molecule has 0 aromatic carbocycles. The highest BCUT2D eigenvalue weighted by Crippen LogP contribution is 2.24. The van der Waals surface area contributed by atoms with Crippen LogP contribution in [0.15, 0.2) is 12.3 Å². The molecule has 98 valence electrons. The molecule has 0 aliphatic carbocycles. The number of rotatable bonds is 3. The van der Waals surface area contributed by atoms with Crippen molar-refractivity contribution in [2.45, 2.75) is 12.8 Å². The molecule has 1 aromatic heterocycles. The van der Waals surface area contributed by atoms with Crippen molar-refractivity contribution in [1.82, 2.24) is 4.98 Å². The van der Waals surface area contributed by atoms with Gasteiger partial charge in [0, 0.05) is 25.9 Å². The first-order valence-corrected chi connectivity index (χ1v) is 5.86. The summed E-state index contributed by atoms with van der Waals surface area (Å²) >= 11 is 0. The Kier molecular flexibility index (Phi) is 3.76. The summed E-state index contributed by atoms with van der Waals surface area (Å²) in [5.74, 6) is -1.34. The molecule has 6 heteroatoms. The molecule has 0 saturated carbocycles. The van der Waals surface area contributed by atoms with E-state index in [0.29, 0.717) is 13.1 Å². The summed E-state index contributed by atoms with van der Waals surface area (Å²) in [6.45, 7) is 1.41.